The Kier molecular flexibility index (Phi) is 2.17. The van der Waals surface area contributed by atoms with E-state index in [1.165, 1.54) is 19.3 Å². The Morgan fingerprint density at radius 3 is 2.57 bits per heavy atom. The lowest BCUT2D eigenvalue weighted by molar-refractivity contribution is -0.150. The van der Waals surface area contributed by atoms with Crippen molar-refractivity contribution in [2.24, 2.45) is 11.8 Å². The number of rotatable bonds is 1. The summed E-state index contributed by atoms with van der Waals surface area (Å²) in [5.41, 5.74) is 0.580. The molecule has 0 aliphatic heterocycles. The minimum absolute atomic E-state index is 0.0929. The van der Waals surface area contributed by atoms with Gasteiger partial charge in [-0.3, -0.25) is 0 Å². The SMILES string of the molecule is CC(C)(C)OC(=O)C1=CC2CCC1C2. The van der Waals surface area contributed by atoms with Gasteiger partial charge in [0.05, 0.1) is 0 Å². The first-order chi connectivity index (χ1) is 6.46. The number of fused-ring (bicyclic) bond motifs is 2. The second kappa shape index (κ2) is 3.11. The summed E-state index contributed by atoms with van der Waals surface area (Å²) in [4.78, 5) is 11.8. The summed E-state index contributed by atoms with van der Waals surface area (Å²) >= 11 is 0. The molecule has 2 unspecified atom stereocenters. The second-order valence-electron chi connectivity index (χ2n) is 5.39. The van der Waals surface area contributed by atoms with Crippen molar-refractivity contribution >= 4 is 5.97 Å². The minimum atomic E-state index is -0.361. The predicted molar refractivity (Wildman–Crippen MR) is 54.8 cm³/mol. The highest BCUT2D eigenvalue weighted by molar-refractivity contribution is 5.90. The van der Waals surface area contributed by atoms with Crippen LogP contribution < -0.4 is 0 Å². The maximum atomic E-state index is 11.8. The quantitative estimate of drug-likeness (QED) is 0.600. The number of allylic oxidation sites excluding steroid dienone is 1. The molecule has 78 valence electrons. The van der Waals surface area contributed by atoms with Crippen LogP contribution in [0, 0.1) is 11.8 Å². The molecular weight excluding hydrogens is 176 g/mol. The van der Waals surface area contributed by atoms with Crippen LogP contribution >= 0.6 is 0 Å². The van der Waals surface area contributed by atoms with Crippen LogP contribution in [0.3, 0.4) is 0 Å². The van der Waals surface area contributed by atoms with E-state index in [1.54, 1.807) is 0 Å². The number of ether oxygens (including phenoxy) is 1. The molecule has 0 aromatic carbocycles. The van der Waals surface area contributed by atoms with Gasteiger partial charge < -0.3 is 4.74 Å². The molecule has 0 amide bonds. The van der Waals surface area contributed by atoms with Gasteiger partial charge in [0.1, 0.15) is 5.60 Å². The van der Waals surface area contributed by atoms with Crippen molar-refractivity contribution in [3.63, 3.8) is 0 Å². The van der Waals surface area contributed by atoms with Gasteiger partial charge >= 0.3 is 5.97 Å². The molecule has 0 aromatic rings. The van der Waals surface area contributed by atoms with Gasteiger partial charge in [0, 0.05) is 5.57 Å². The lowest BCUT2D eigenvalue weighted by Crippen LogP contribution is -2.26. The van der Waals surface area contributed by atoms with E-state index in [4.69, 9.17) is 4.74 Å². The van der Waals surface area contributed by atoms with Gasteiger partial charge in [0.2, 0.25) is 0 Å². The molecule has 1 fully saturated rings. The van der Waals surface area contributed by atoms with Gasteiger partial charge in [-0.05, 0) is 51.9 Å². The van der Waals surface area contributed by atoms with Crippen molar-refractivity contribution in [3.05, 3.63) is 11.6 Å². The highest BCUT2D eigenvalue weighted by Crippen LogP contribution is 2.44. The van der Waals surface area contributed by atoms with E-state index in [0.717, 1.165) is 5.57 Å². The normalized spacial score (nSPS) is 30.4. The number of hydrogen-bond acceptors (Lipinski definition) is 2. The molecular formula is C12H18O2. The Morgan fingerprint density at radius 2 is 2.14 bits per heavy atom. The standard InChI is InChI=1S/C12H18O2/c1-12(2,3)14-11(13)10-7-8-4-5-9(10)6-8/h7-9H,4-6H2,1-3H3. The van der Waals surface area contributed by atoms with E-state index in [2.05, 4.69) is 6.08 Å². The number of carbonyl (C=O) groups is 1. The molecule has 0 N–H and O–H groups in total. The first-order valence-corrected chi connectivity index (χ1v) is 5.41. The van der Waals surface area contributed by atoms with Crippen LogP contribution in [0.4, 0.5) is 0 Å². The summed E-state index contributed by atoms with van der Waals surface area (Å²) in [5.74, 6) is 1.06. The Balaban J connectivity index is 2.03. The lowest BCUT2D eigenvalue weighted by Gasteiger charge is -2.22. The van der Waals surface area contributed by atoms with E-state index in [0.29, 0.717) is 11.8 Å². The third kappa shape index (κ3) is 1.84. The fourth-order valence-electron chi connectivity index (χ4n) is 2.41. The van der Waals surface area contributed by atoms with E-state index in [9.17, 15) is 4.79 Å². The fourth-order valence-corrected chi connectivity index (χ4v) is 2.41. The van der Waals surface area contributed by atoms with Crippen molar-refractivity contribution in [2.75, 3.05) is 0 Å². The van der Waals surface area contributed by atoms with Gasteiger partial charge in [-0.15, -0.1) is 0 Å². The molecule has 0 spiro atoms. The Hall–Kier alpha value is -0.790. The molecule has 0 heterocycles. The Morgan fingerprint density at radius 1 is 1.43 bits per heavy atom. The second-order valence-corrected chi connectivity index (χ2v) is 5.39. The number of hydrogen-bond donors (Lipinski definition) is 0. The summed E-state index contributed by atoms with van der Waals surface area (Å²) in [6.45, 7) is 5.75. The van der Waals surface area contributed by atoms with Crippen molar-refractivity contribution in [2.45, 2.75) is 45.6 Å². The molecule has 2 rings (SSSR count). The van der Waals surface area contributed by atoms with E-state index < -0.39 is 0 Å². The molecule has 14 heavy (non-hydrogen) atoms. The predicted octanol–water partition coefficient (Wildman–Crippen LogP) is 2.68. The van der Waals surface area contributed by atoms with Crippen LogP contribution in [0.2, 0.25) is 0 Å². The summed E-state index contributed by atoms with van der Waals surface area (Å²) in [6, 6.07) is 0. The molecule has 2 heteroatoms. The van der Waals surface area contributed by atoms with Crippen LogP contribution in [-0.4, -0.2) is 11.6 Å². The van der Waals surface area contributed by atoms with Crippen LogP contribution in [0.5, 0.6) is 0 Å². The van der Waals surface area contributed by atoms with E-state index >= 15 is 0 Å². The average molecular weight is 194 g/mol. The molecule has 1 saturated carbocycles. The van der Waals surface area contributed by atoms with Crippen LogP contribution in [0.15, 0.2) is 11.6 Å². The summed E-state index contributed by atoms with van der Waals surface area (Å²) < 4.78 is 5.37. The van der Waals surface area contributed by atoms with E-state index in [1.807, 2.05) is 20.8 Å². The highest BCUT2D eigenvalue weighted by atomic mass is 16.6. The Bertz CT molecular complexity index is 283. The molecule has 2 nitrogen and oxygen atoms in total. The first kappa shape index (κ1) is 9.75. The summed E-state index contributed by atoms with van der Waals surface area (Å²) in [5, 5.41) is 0. The molecule has 0 saturated heterocycles. The Labute approximate surface area is 85.3 Å². The van der Waals surface area contributed by atoms with Crippen LogP contribution in [0.25, 0.3) is 0 Å². The highest BCUT2D eigenvalue weighted by Gasteiger charge is 2.37. The smallest absolute Gasteiger partial charge is 0.334 e. The van der Waals surface area contributed by atoms with Crippen molar-refractivity contribution in [1.82, 2.24) is 0 Å². The zero-order chi connectivity index (χ0) is 10.3. The van der Waals surface area contributed by atoms with Crippen molar-refractivity contribution in [3.8, 4) is 0 Å². The van der Waals surface area contributed by atoms with Crippen molar-refractivity contribution in [1.29, 1.82) is 0 Å². The maximum absolute atomic E-state index is 11.8. The zero-order valence-corrected chi connectivity index (χ0v) is 9.17. The molecule has 0 radical (unpaired) electrons. The molecule has 2 atom stereocenters. The lowest BCUT2D eigenvalue weighted by atomic mass is 9.98. The largest absolute Gasteiger partial charge is 0.457 e. The molecule has 2 aliphatic rings. The van der Waals surface area contributed by atoms with Gasteiger partial charge in [-0.25, -0.2) is 4.79 Å². The average Bonchev–Trinajstić information content (AvgIpc) is 2.59. The third-order valence-corrected chi connectivity index (χ3v) is 2.96. The van der Waals surface area contributed by atoms with Crippen molar-refractivity contribution < 1.29 is 9.53 Å². The maximum Gasteiger partial charge on any atom is 0.334 e. The number of esters is 1. The summed E-state index contributed by atoms with van der Waals surface area (Å²) in [7, 11) is 0. The van der Waals surface area contributed by atoms with Crippen LogP contribution in [-0.2, 0) is 9.53 Å². The van der Waals surface area contributed by atoms with E-state index in [-0.39, 0.29) is 11.6 Å². The first-order valence-electron chi connectivity index (χ1n) is 5.41. The van der Waals surface area contributed by atoms with Gasteiger partial charge in [-0.1, -0.05) is 6.08 Å². The number of carbonyl (C=O) groups excluding carboxylic acids is 1. The molecule has 0 aromatic heterocycles. The fraction of sp³-hybridized carbons (Fsp3) is 0.750. The minimum Gasteiger partial charge on any atom is -0.457 e. The molecule has 2 aliphatic carbocycles. The van der Waals surface area contributed by atoms with Gasteiger partial charge in [0.25, 0.3) is 0 Å². The zero-order valence-electron chi connectivity index (χ0n) is 9.17. The monoisotopic (exact) mass is 194 g/mol. The summed E-state index contributed by atoms with van der Waals surface area (Å²) in [6.07, 6.45) is 5.74. The topological polar surface area (TPSA) is 26.3 Å². The molecule has 2 bridgehead atoms. The third-order valence-electron chi connectivity index (χ3n) is 2.96. The van der Waals surface area contributed by atoms with Gasteiger partial charge in [-0.2, -0.15) is 0 Å². The van der Waals surface area contributed by atoms with Gasteiger partial charge in [0.15, 0.2) is 0 Å². The van der Waals surface area contributed by atoms with Crippen LogP contribution in [0.1, 0.15) is 40.0 Å².